The number of fused-ring (bicyclic) bond motifs is 5. The number of primary amides is 1. The van der Waals surface area contributed by atoms with Gasteiger partial charge >= 0.3 is 6.03 Å². The van der Waals surface area contributed by atoms with Gasteiger partial charge in [0.1, 0.15) is 29.9 Å². The van der Waals surface area contributed by atoms with Crippen LogP contribution in [-0.4, -0.2) is 76.2 Å². The second-order valence-electron chi connectivity index (χ2n) is 15.0. The molecule has 5 rings (SSSR count). The van der Waals surface area contributed by atoms with Crippen molar-refractivity contribution in [3.63, 3.8) is 0 Å². The highest BCUT2D eigenvalue weighted by Crippen LogP contribution is 2.71. The molecule has 3 fully saturated rings. The van der Waals surface area contributed by atoms with Gasteiger partial charge in [-0.1, -0.05) is 19.9 Å². The minimum Gasteiger partial charge on any atom is -0.486 e. The number of benzene rings is 1. The Labute approximate surface area is 290 Å². The van der Waals surface area contributed by atoms with Gasteiger partial charge in [-0.3, -0.25) is 14.4 Å². The minimum atomic E-state index is -2.32. The number of allylic oxidation sites excluding steroid dienone is 4. The van der Waals surface area contributed by atoms with Gasteiger partial charge in [0.05, 0.1) is 6.10 Å². The highest BCUT2D eigenvalue weighted by atomic mass is 19.1. The number of amides is 3. The Balaban J connectivity index is 1.26. The maximum absolute atomic E-state index is 17.4. The van der Waals surface area contributed by atoms with E-state index in [1.807, 2.05) is 0 Å². The van der Waals surface area contributed by atoms with Crippen molar-refractivity contribution >= 4 is 35.0 Å². The Morgan fingerprint density at radius 3 is 2.44 bits per heavy atom. The molecule has 4 aliphatic carbocycles. The van der Waals surface area contributed by atoms with Crippen LogP contribution in [0.25, 0.3) is 0 Å². The number of halogens is 2. The number of alkyl halides is 2. The highest BCUT2D eigenvalue weighted by Gasteiger charge is 2.76. The molecule has 0 bridgehead atoms. The molecule has 0 spiro atoms. The SMILES string of the molecule is CC(=O)C[C@@H](CCCNC(N)=O)C(=O)Nc1ccc(OCC(=O)[C@@]2(O)[C@H](C)C[C@H]3[C@@H]4C[C@H](F)C5=CC(=O)C=C[C@]5(C)[C@@]4(F)[C@@H](O)C[C@@]32C)cc1. The predicted molar refractivity (Wildman–Crippen MR) is 179 cm³/mol. The molecule has 0 saturated heterocycles. The summed E-state index contributed by atoms with van der Waals surface area (Å²) in [5.41, 5.74) is -1.69. The fourth-order valence-corrected chi connectivity index (χ4v) is 9.50. The Morgan fingerprint density at radius 1 is 1.12 bits per heavy atom. The molecule has 11 nitrogen and oxygen atoms in total. The summed E-state index contributed by atoms with van der Waals surface area (Å²) in [6.07, 6.45) is 0.926. The number of Topliss-reactive ketones (excluding diaryl/α,β-unsaturated/α-hetero) is 2. The average molecular weight is 700 g/mol. The largest absolute Gasteiger partial charge is 0.486 e. The lowest BCUT2D eigenvalue weighted by atomic mass is 9.44. The van der Waals surface area contributed by atoms with Crippen molar-refractivity contribution in [3.05, 3.63) is 48.1 Å². The van der Waals surface area contributed by atoms with Gasteiger partial charge in [0.15, 0.2) is 11.5 Å². The normalized spacial score (nSPS) is 36.3. The van der Waals surface area contributed by atoms with E-state index in [0.717, 1.165) is 6.08 Å². The molecule has 10 atom stereocenters. The van der Waals surface area contributed by atoms with Crippen LogP contribution < -0.4 is 21.1 Å². The van der Waals surface area contributed by atoms with Gasteiger partial charge in [0.2, 0.25) is 11.7 Å². The molecule has 6 N–H and O–H groups in total. The molecule has 1 aromatic rings. The van der Waals surface area contributed by atoms with E-state index in [0.29, 0.717) is 18.5 Å². The van der Waals surface area contributed by atoms with E-state index in [4.69, 9.17) is 10.5 Å². The van der Waals surface area contributed by atoms with Crippen LogP contribution in [0.4, 0.5) is 19.3 Å². The number of ether oxygens (including phenoxy) is 1. The van der Waals surface area contributed by atoms with E-state index in [1.54, 1.807) is 26.0 Å². The van der Waals surface area contributed by atoms with Crippen molar-refractivity contribution in [2.75, 3.05) is 18.5 Å². The quantitative estimate of drug-likeness (QED) is 0.203. The highest BCUT2D eigenvalue weighted by molar-refractivity contribution is 6.01. The predicted octanol–water partition coefficient (Wildman–Crippen LogP) is 3.91. The molecule has 3 amide bonds. The summed E-state index contributed by atoms with van der Waals surface area (Å²) in [5.74, 6) is -4.28. The summed E-state index contributed by atoms with van der Waals surface area (Å²) in [6.45, 7) is 5.99. The van der Waals surface area contributed by atoms with Crippen molar-refractivity contribution in [2.24, 2.45) is 40.2 Å². The second kappa shape index (κ2) is 13.6. The zero-order valence-corrected chi connectivity index (χ0v) is 28.8. The molecule has 50 heavy (non-hydrogen) atoms. The summed E-state index contributed by atoms with van der Waals surface area (Å²) < 4.78 is 38.9. The second-order valence-corrected chi connectivity index (χ2v) is 15.0. The van der Waals surface area contributed by atoms with Crippen molar-refractivity contribution in [3.8, 4) is 5.75 Å². The third-order valence-corrected chi connectivity index (χ3v) is 12.1. The molecule has 1 aromatic carbocycles. The third-order valence-electron chi connectivity index (χ3n) is 12.1. The average Bonchev–Trinajstić information content (AvgIpc) is 3.25. The van der Waals surface area contributed by atoms with Gasteiger partial charge in [-0.2, -0.15) is 0 Å². The number of aliphatic hydroxyl groups excluding tert-OH is 1. The Kier molecular flexibility index (Phi) is 10.2. The van der Waals surface area contributed by atoms with Crippen LogP contribution in [0.2, 0.25) is 0 Å². The van der Waals surface area contributed by atoms with Crippen molar-refractivity contribution < 1.29 is 47.7 Å². The topological polar surface area (TPSA) is 185 Å². The fraction of sp³-hybridized carbons (Fsp3) is 0.595. The van der Waals surface area contributed by atoms with Crippen LogP contribution in [0.5, 0.6) is 5.75 Å². The van der Waals surface area contributed by atoms with Gasteiger partial charge < -0.3 is 36.1 Å². The first-order valence-corrected chi connectivity index (χ1v) is 17.2. The van der Waals surface area contributed by atoms with Gasteiger partial charge in [0.25, 0.3) is 0 Å². The van der Waals surface area contributed by atoms with Gasteiger partial charge in [-0.25, -0.2) is 13.6 Å². The number of aliphatic hydroxyl groups is 2. The molecule has 13 heteroatoms. The zero-order valence-electron chi connectivity index (χ0n) is 28.8. The first-order valence-electron chi connectivity index (χ1n) is 17.2. The summed E-state index contributed by atoms with van der Waals surface area (Å²) in [4.78, 5) is 61.5. The van der Waals surface area contributed by atoms with E-state index in [-0.39, 0.29) is 55.2 Å². The van der Waals surface area contributed by atoms with Crippen molar-refractivity contribution in [1.82, 2.24) is 5.32 Å². The number of anilines is 1. The maximum Gasteiger partial charge on any atom is 0.312 e. The van der Waals surface area contributed by atoms with Gasteiger partial charge in [-0.15, -0.1) is 0 Å². The number of ketones is 3. The Bertz CT molecular complexity index is 1620. The maximum atomic E-state index is 17.4. The summed E-state index contributed by atoms with van der Waals surface area (Å²) >= 11 is 0. The van der Waals surface area contributed by atoms with E-state index in [9.17, 15) is 34.2 Å². The number of rotatable bonds is 12. The number of carbonyl (C=O) groups is 5. The monoisotopic (exact) mass is 699 g/mol. The molecule has 0 unspecified atom stereocenters. The Hall–Kier alpha value is -3.97. The standard InChI is InChI=1S/C37H47F2N3O8/c1-20-14-26-27-17-29(38)28-16-24(44)11-12-34(28,3)36(27,39)30(45)18-35(26,4)37(20,49)31(46)19-50-25-9-7-23(8-10-25)42-32(47)22(15-21(2)43)6-5-13-41-33(40)48/h7-12,16,20,22,26-27,29-30,45,49H,5-6,13-15,17-19H2,1-4H3,(H,42,47)(H3,40,41,48)/t20-,22-,26+,27+,29+,30+,34+,35+,36+,37+/m1/s1. The van der Waals surface area contributed by atoms with Crippen LogP contribution in [-0.2, 0) is 19.2 Å². The molecule has 0 radical (unpaired) electrons. The molecule has 0 aromatic heterocycles. The van der Waals surface area contributed by atoms with Crippen LogP contribution in [0.1, 0.15) is 66.2 Å². The number of hydrogen-bond donors (Lipinski definition) is 5. The lowest BCUT2D eigenvalue weighted by molar-refractivity contribution is -0.223. The minimum absolute atomic E-state index is 0.00765. The fourth-order valence-electron chi connectivity index (χ4n) is 9.50. The lowest BCUT2D eigenvalue weighted by Gasteiger charge is -2.63. The van der Waals surface area contributed by atoms with E-state index >= 15 is 8.78 Å². The number of hydrogen-bond acceptors (Lipinski definition) is 8. The molecule has 272 valence electrons. The third kappa shape index (κ3) is 6.16. The number of carbonyl (C=O) groups excluding carboxylic acids is 5. The smallest absolute Gasteiger partial charge is 0.312 e. The number of urea groups is 1. The van der Waals surface area contributed by atoms with Gasteiger partial charge in [0, 0.05) is 41.3 Å². The van der Waals surface area contributed by atoms with Crippen LogP contribution in [0.15, 0.2) is 48.1 Å². The van der Waals surface area contributed by atoms with E-state index in [1.165, 1.54) is 38.1 Å². The van der Waals surface area contributed by atoms with Crippen LogP contribution >= 0.6 is 0 Å². The lowest BCUT2D eigenvalue weighted by Crippen LogP contribution is -2.70. The summed E-state index contributed by atoms with van der Waals surface area (Å²) in [7, 11) is 0. The number of nitrogens with two attached hydrogens (primary N) is 1. The molecule has 3 saturated carbocycles. The van der Waals surface area contributed by atoms with Crippen molar-refractivity contribution in [1.29, 1.82) is 0 Å². The first kappa shape index (κ1) is 37.3. The molecular weight excluding hydrogens is 652 g/mol. The molecule has 0 heterocycles. The number of nitrogens with one attached hydrogen (secondary N) is 2. The Morgan fingerprint density at radius 2 is 1.80 bits per heavy atom. The van der Waals surface area contributed by atoms with E-state index in [2.05, 4.69) is 10.6 Å². The summed E-state index contributed by atoms with van der Waals surface area (Å²) in [6, 6.07) is 5.52. The van der Waals surface area contributed by atoms with E-state index < -0.39 is 82.3 Å². The first-order chi connectivity index (χ1) is 23.4. The van der Waals surface area contributed by atoms with Crippen molar-refractivity contribution in [2.45, 2.75) is 89.8 Å². The molecule has 4 aliphatic rings. The van der Waals surface area contributed by atoms with Crippen LogP contribution in [0, 0.1) is 34.5 Å². The molecular formula is C37H47F2N3O8. The van der Waals surface area contributed by atoms with Gasteiger partial charge in [-0.05, 0) is 99.8 Å². The molecule has 0 aliphatic heterocycles. The van der Waals surface area contributed by atoms with Crippen LogP contribution in [0.3, 0.4) is 0 Å². The summed E-state index contributed by atoms with van der Waals surface area (Å²) in [5, 5.41) is 28.9. The zero-order chi connectivity index (χ0) is 36.8.